The number of ether oxygens (including phenoxy) is 2. The molecule has 3 rings (SSSR count). The summed E-state index contributed by atoms with van der Waals surface area (Å²) in [5, 5.41) is 6.42. The lowest BCUT2D eigenvalue weighted by Gasteiger charge is -2.15. The zero-order valence-electron chi connectivity index (χ0n) is 15.6. The maximum Gasteiger partial charge on any atom is 0.341 e. The van der Waals surface area contributed by atoms with Gasteiger partial charge in [-0.1, -0.05) is 18.2 Å². The lowest BCUT2D eigenvalue weighted by Crippen LogP contribution is -2.41. The molecule has 1 unspecified atom stereocenters. The number of nitrogens with one attached hydrogen (secondary N) is 2. The van der Waals surface area contributed by atoms with E-state index in [1.165, 1.54) is 12.7 Å². The van der Waals surface area contributed by atoms with Gasteiger partial charge in [0.05, 0.1) is 20.2 Å². The molecule has 0 saturated carbocycles. The summed E-state index contributed by atoms with van der Waals surface area (Å²) in [5.74, 6) is 2.35. The van der Waals surface area contributed by atoms with Crippen molar-refractivity contribution in [3.05, 3.63) is 53.0 Å². The van der Waals surface area contributed by atoms with Crippen molar-refractivity contribution in [1.82, 2.24) is 10.6 Å². The molecule has 1 aromatic carbocycles. The van der Waals surface area contributed by atoms with E-state index in [4.69, 9.17) is 13.9 Å². The van der Waals surface area contributed by atoms with Crippen LogP contribution in [0.4, 0.5) is 0 Å². The van der Waals surface area contributed by atoms with E-state index in [9.17, 15) is 4.79 Å². The molecule has 7 nitrogen and oxygen atoms in total. The molecule has 8 heteroatoms. The zero-order valence-corrected chi connectivity index (χ0v) is 17.9. The molecular weight excluding hydrogens is 461 g/mol. The molecule has 0 radical (unpaired) electrons. The van der Waals surface area contributed by atoms with Gasteiger partial charge in [0.15, 0.2) is 5.96 Å². The Balaban J connectivity index is 0.00000261. The lowest BCUT2D eigenvalue weighted by atomic mass is 10.1. The number of hydrogen-bond acceptors (Lipinski definition) is 5. The highest BCUT2D eigenvalue weighted by molar-refractivity contribution is 14.0. The Hall–Kier alpha value is -2.23. The molecule has 27 heavy (non-hydrogen) atoms. The van der Waals surface area contributed by atoms with Gasteiger partial charge in [-0.3, -0.25) is 4.99 Å². The Morgan fingerprint density at radius 1 is 1.33 bits per heavy atom. The van der Waals surface area contributed by atoms with Gasteiger partial charge in [0.2, 0.25) is 0 Å². The Morgan fingerprint density at radius 2 is 2.11 bits per heavy atom. The number of carbonyl (C=O) groups is 1. The van der Waals surface area contributed by atoms with Crippen molar-refractivity contribution in [2.45, 2.75) is 26.0 Å². The molecule has 1 aromatic heterocycles. The number of para-hydroxylation sites is 1. The third kappa shape index (κ3) is 5.15. The summed E-state index contributed by atoms with van der Waals surface area (Å²) in [6.45, 7) is 2.78. The molecule has 2 aromatic rings. The van der Waals surface area contributed by atoms with E-state index >= 15 is 0 Å². The van der Waals surface area contributed by atoms with Gasteiger partial charge >= 0.3 is 5.97 Å². The quantitative estimate of drug-likeness (QED) is 0.293. The average Bonchev–Trinajstić information content (AvgIpc) is 3.24. The van der Waals surface area contributed by atoms with Crippen LogP contribution in [0.2, 0.25) is 0 Å². The van der Waals surface area contributed by atoms with E-state index in [2.05, 4.69) is 21.7 Å². The molecule has 0 spiro atoms. The second kappa shape index (κ2) is 9.63. The smallest absolute Gasteiger partial charge is 0.341 e. The summed E-state index contributed by atoms with van der Waals surface area (Å²) in [4.78, 5) is 15.8. The molecule has 0 bridgehead atoms. The topological polar surface area (TPSA) is 85.1 Å². The summed E-state index contributed by atoms with van der Waals surface area (Å²) < 4.78 is 16.2. The normalized spacial score (nSPS) is 15.4. The molecule has 1 atom stereocenters. The van der Waals surface area contributed by atoms with Crippen LogP contribution in [0.15, 0.2) is 39.7 Å². The second-order valence-corrected chi connectivity index (χ2v) is 6.03. The molecular formula is C19H24IN3O4. The minimum absolute atomic E-state index is 0. The van der Waals surface area contributed by atoms with E-state index in [1.807, 2.05) is 18.2 Å². The van der Waals surface area contributed by atoms with E-state index < -0.39 is 5.97 Å². The average molecular weight is 485 g/mol. The van der Waals surface area contributed by atoms with Crippen molar-refractivity contribution in [2.24, 2.45) is 4.99 Å². The Labute approximate surface area is 175 Å². The van der Waals surface area contributed by atoms with Gasteiger partial charge in [-0.25, -0.2) is 4.79 Å². The molecule has 2 N–H and O–H groups in total. The molecule has 1 aliphatic rings. The van der Waals surface area contributed by atoms with Crippen LogP contribution in [0, 0.1) is 6.92 Å². The van der Waals surface area contributed by atoms with Gasteiger partial charge in [0, 0.05) is 13.5 Å². The number of hydrogen-bond donors (Lipinski definition) is 2. The summed E-state index contributed by atoms with van der Waals surface area (Å²) in [5.41, 5.74) is 1.66. The Kier molecular flexibility index (Phi) is 7.52. The SMILES string of the molecule is CN=C(NCc1cc(C(=O)OC)c(C)o1)NCC1Cc2ccccc2O1.I. The summed E-state index contributed by atoms with van der Waals surface area (Å²) >= 11 is 0. The first kappa shape index (κ1) is 21.1. The van der Waals surface area contributed by atoms with Crippen LogP contribution in [-0.2, 0) is 17.7 Å². The highest BCUT2D eigenvalue weighted by atomic mass is 127. The van der Waals surface area contributed by atoms with Crippen LogP contribution in [-0.4, -0.2) is 38.7 Å². The van der Waals surface area contributed by atoms with E-state index in [0.717, 1.165) is 12.2 Å². The largest absolute Gasteiger partial charge is 0.488 e. The van der Waals surface area contributed by atoms with Crippen LogP contribution >= 0.6 is 24.0 Å². The van der Waals surface area contributed by atoms with Crippen molar-refractivity contribution in [2.75, 3.05) is 20.7 Å². The first-order valence-corrected chi connectivity index (χ1v) is 8.47. The number of esters is 1. The van der Waals surface area contributed by atoms with Gasteiger partial charge in [0.1, 0.15) is 28.9 Å². The van der Waals surface area contributed by atoms with Crippen LogP contribution in [0.5, 0.6) is 5.75 Å². The highest BCUT2D eigenvalue weighted by Crippen LogP contribution is 2.27. The molecule has 1 aliphatic heterocycles. The number of fused-ring (bicyclic) bond motifs is 1. The van der Waals surface area contributed by atoms with E-state index in [1.54, 1.807) is 20.0 Å². The molecule has 0 amide bonds. The monoisotopic (exact) mass is 485 g/mol. The number of furan rings is 1. The van der Waals surface area contributed by atoms with Crippen LogP contribution < -0.4 is 15.4 Å². The van der Waals surface area contributed by atoms with Crippen LogP contribution in [0.1, 0.15) is 27.4 Å². The fourth-order valence-electron chi connectivity index (χ4n) is 2.91. The maximum atomic E-state index is 11.6. The first-order valence-electron chi connectivity index (χ1n) is 8.47. The zero-order chi connectivity index (χ0) is 18.5. The minimum Gasteiger partial charge on any atom is -0.488 e. The summed E-state index contributed by atoms with van der Waals surface area (Å²) in [6.07, 6.45) is 0.947. The van der Waals surface area contributed by atoms with Crippen molar-refractivity contribution >= 4 is 35.9 Å². The fraction of sp³-hybridized carbons (Fsp3) is 0.368. The van der Waals surface area contributed by atoms with Gasteiger partial charge in [-0.2, -0.15) is 0 Å². The van der Waals surface area contributed by atoms with Crippen molar-refractivity contribution < 1.29 is 18.7 Å². The van der Waals surface area contributed by atoms with Gasteiger partial charge < -0.3 is 24.5 Å². The van der Waals surface area contributed by atoms with Crippen LogP contribution in [0.25, 0.3) is 0 Å². The third-order valence-corrected chi connectivity index (χ3v) is 4.24. The number of benzene rings is 1. The molecule has 146 valence electrons. The summed E-state index contributed by atoms with van der Waals surface area (Å²) in [7, 11) is 3.05. The predicted molar refractivity (Wildman–Crippen MR) is 113 cm³/mol. The van der Waals surface area contributed by atoms with Gasteiger partial charge in [-0.05, 0) is 24.6 Å². The summed E-state index contributed by atoms with van der Waals surface area (Å²) in [6, 6.07) is 9.74. The number of halogens is 1. The standard InChI is InChI=1S/C19H23N3O4.HI/c1-12-16(18(23)24-3)9-15(25-12)11-22-19(20-2)21-10-14-8-13-6-4-5-7-17(13)26-14;/h4-7,9,14H,8,10-11H2,1-3H3,(H2,20,21,22);1H. The number of methoxy groups -OCH3 is 1. The van der Waals surface area contributed by atoms with Crippen molar-refractivity contribution in [3.63, 3.8) is 0 Å². The first-order chi connectivity index (χ1) is 12.6. The highest BCUT2D eigenvalue weighted by Gasteiger charge is 2.22. The number of aryl methyl sites for hydroxylation is 1. The molecule has 0 aliphatic carbocycles. The van der Waals surface area contributed by atoms with Gasteiger partial charge in [-0.15, -0.1) is 24.0 Å². The fourth-order valence-corrected chi connectivity index (χ4v) is 2.91. The van der Waals surface area contributed by atoms with Crippen molar-refractivity contribution in [1.29, 1.82) is 0 Å². The van der Waals surface area contributed by atoms with E-state index in [0.29, 0.717) is 36.1 Å². The number of guanidine groups is 1. The molecule has 0 saturated heterocycles. The van der Waals surface area contributed by atoms with Crippen molar-refractivity contribution in [3.8, 4) is 5.75 Å². The Morgan fingerprint density at radius 3 is 2.81 bits per heavy atom. The Bertz CT molecular complexity index is 794. The maximum absolute atomic E-state index is 11.6. The van der Waals surface area contributed by atoms with E-state index in [-0.39, 0.29) is 30.1 Å². The number of carbonyl (C=O) groups excluding carboxylic acids is 1. The molecule has 2 heterocycles. The number of nitrogens with zero attached hydrogens (tertiary/aromatic N) is 1. The lowest BCUT2D eigenvalue weighted by molar-refractivity contribution is 0.0599. The predicted octanol–water partition coefficient (Wildman–Crippen LogP) is 2.66. The number of rotatable bonds is 5. The third-order valence-electron chi connectivity index (χ3n) is 4.24. The number of aliphatic imine (C=N–C) groups is 1. The molecule has 0 fully saturated rings. The van der Waals surface area contributed by atoms with Crippen LogP contribution in [0.3, 0.4) is 0 Å². The van der Waals surface area contributed by atoms with Gasteiger partial charge in [0.25, 0.3) is 0 Å². The second-order valence-electron chi connectivity index (χ2n) is 6.03. The minimum atomic E-state index is -0.405.